The summed E-state index contributed by atoms with van der Waals surface area (Å²) in [7, 11) is 1.72. The Balaban J connectivity index is 2.87. The molecule has 4 N–H and O–H groups in total. The highest BCUT2D eigenvalue weighted by Gasteiger charge is 2.14. The van der Waals surface area contributed by atoms with Gasteiger partial charge >= 0.3 is 5.97 Å². The van der Waals surface area contributed by atoms with Crippen molar-refractivity contribution in [3.05, 3.63) is 23.9 Å². The average Bonchev–Trinajstić information content (AvgIpc) is 2.16. The van der Waals surface area contributed by atoms with Crippen LogP contribution in [0.5, 0.6) is 0 Å². The first kappa shape index (κ1) is 10.5. The standard InChI is InChI=1S/C9H13N3O2/c1-11-9-6(3-2-4-12-9)7(10)5-8(13)14/h2-4,7H,5,10H2,1H3,(H,11,12)(H,13,14). The highest BCUT2D eigenvalue weighted by molar-refractivity contribution is 5.68. The second-order valence-corrected chi connectivity index (χ2v) is 2.90. The summed E-state index contributed by atoms with van der Waals surface area (Å²) < 4.78 is 0. The van der Waals surface area contributed by atoms with Gasteiger partial charge in [-0.05, 0) is 6.07 Å². The summed E-state index contributed by atoms with van der Waals surface area (Å²) in [5.41, 5.74) is 6.43. The lowest BCUT2D eigenvalue weighted by Gasteiger charge is -2.12. The van der Waals surface area contributed by atoms with Crippen molar-refractivity contribution in [1.29, 1.82) is 0 Å². The Kier molecular flexibility index (Phi) is 3.41. The van der Waals surface area contributed by atoms with Crippen molar-refractivity contribution in [2.24, 2.45) is 5.73 Å². The van der Waals surface area contributed by atoms with E-state index in [1.165, 1.54) is 0 Å². The van der Waals surface area contributed by atoms with Crippen molar-refractivity contribution in [2.45, 2.75) is 12.5 Å². The third-order valence-corrected chi connectivity index (χ3v) is 1.87. The van der Waals surface area contributed by atoms with Crippen LogP contribution < -0.4 is 11.1 Å². The van der Waals surface area contributed by atoms with Gasteiger partial charge in [-0.2, -0.15) is 0 Å². The lowest BCUT2D eigenvalue weighted by Crippen LogP contribution is -2.16. The molecular weight excluding hydrogens is 182 g/mol. The Labute approximate surface area is 82.0 Å². The monoisotopic (exact) mass is 195 g/mol. The number of carboxylic acid groups (broad SMARTS) is 1. The number of nitrogens with two attached hydrogens (primary N) is 1. The fourth-order valence-corrected chi connectivity index (χ4v) is 1.22. The Morgan fingerprint density at radius 1 is 1.79 bits per heavy atom. The van der Waals surface area contributed by atoms with Crippen molar-refractivity contribution in [2.75, 3.05) is 12.4 Å². The van der Waals surface area contributed by atoms with Crippen LogP contribution in [-0.4, -0.2) is 23.1 Å². The van der Waals surface area contributed by atoms with E-state index in [2.05, 4.69) is 10.3 Å². The SMILES string of the molecule is CNc1ncccc1C(N)CC(=O)O. The van der Waals surface area contributed by atoms with Crippen LogP contribution in [0.3, 0.4) is 0 Å². The molecule has 0 spiro atoms. The lowest BCUT2D eigenvalue weighted by atomic mass is 10.1. The smallest absolute Gasteiger partial charge is 0.305 e. The van der Waals surface area contributed by atoms with Gasteiger partial charge in [0.15, 0.2) is 0 Å². The molecule has 0 saturated heterocycles. The molecule has 1 unspecified atom stereocenters. The summed E-state index contributed by atoms with van der Waals surface area (Å²) in [5, 5.41) is 11.5. The minimum Gasteiger partial charge on any atom is -0.481 e. The zero-order chi connectivity index (χ0) is 10.6. The van der Waals surface area contributed by atoms with E-state index in [-0.39, 0.29) is 6.42 Å². The van der Waals surface area contributed by atoms with E-state index in [1.54, 1.807) is 25.4 Å². The number of nitrogens with zero attached hydrogens (tertiary/aromatic N) is 1. The minimum atomic E-state index is -0.914. The zero-order valence-electron chi connectivity index (χ0n) is 7.90. The average molecular weight is 195 g/mol. The van der Waals surface area contributed by atoms with E-state index in [0.29, 0.717) is 5.82 Å². The molecule has 76 valence electrons. The summed E-state index contributed by atoms with van der Waals surface area (Å²) in [6.07, 6.45) is 1.53. The second kappa shape index (κ2) is 4.57. The molecule has 1 atom stereocenters. The molecule has 0 saturated carbocycles. The quantitative estimate of drug-likeness (QED) is 0.654. The van der Waals surface area contributed by atoms with Gasteiger partial charge in [0, 0.05) is 24.8 Å². The fraction of sp³-hybridized carbons (Fsp3) is 0.333. The Morgan fingerprint density at radius 3 is 3.07 bits per heavy atom. The lowest BCUT2D eigenvalue weighted by molar-refractivity contribution is -0.137. The van der Waals surface area contributed by atoms with Gasteiger partial charge in [0.25, 0.3) is 0 Å². The molecule has 1 rings (SSSR count). The number of hydrogen-bond acceptors (Lipinski definition) is 4. The van der Waals surface area contributed by atoms with Gasteiger partial charge < -0.3 is 16.2 Å². The van der Waals surface area contributed by atoms with Crippen LogP contribution in [0.1, 0.15) is 18.0 Å². The number of nitrogens with one attached hydrogen (secondary N) is 1. The van der Waals surface area contributed by atoms with Crippen molar-refractivity contribution in [1.82, 2.24) is 4.98 Å². The van der Waals surface area contributed by atoms with Gasteiger partial charge in [0.1, 0.15) is 5.82 Å². The van der Waals surface area contributed by atoms with Gasteiger partial charge in [-0.1, -0.05) is 6.07 Å². The first-order valence-electron chi connectivity index (χ1n) is 4.25. The van der Waals surface area contributed by atoms with Crippen molar-refractivity contribution in [3.63, 3.8) is 0 Å². The highest BCUT2D eigenvalue weighted by atomic mass is 16.4. The van der Waals surface area contributed by atoms with Crippen LogP contribution in [0.4, 0.5) is 5.82 Å². The number of aromatic nitrogens is 1. The topological polar surface area (TPSA) is 88.2 Å². The van der Waals surface area contributed by atoms with Crippen molar-refractivity contribution in [3.8, 4) is 0 Å². The third-order valence-electron chi connectivity index (χ3n) is 1.87. The maximum absolute atomic E-state index is 10.5. The number of anilines is 1. The molecule has 0 fully saturated rings. The molecule has 0 aliphatic rings. The molecule has 0 aliphatic heterocycles. The van der Waals surface area contributed by atoms with Crippen LogP contribution in [-0.2, 0) is 4.79 Å². The van der Waals surface area contributed by atoms with E-state index in [0.717, 1.165) is 5.56 Å². The van der Waals surface area contributed by atoms with E-state index in [1.807, 2.05) is 0 Å². The van der Waals surface area contributed by atoms with E-state index >= 15 is 0 Å². The first-order chi connectivity index (χ1) is 6.65. The van der Waals surface area contributed by atoms with Gasteiger partial charge in [-0.25, -0.2) is 4.98 Å². The zero-order valence-corrected chi connectivity index (χ0v) is 7.90. The Morgan fingerprint density at radius 2 is 2.50 bits per heavy atom. The summed E-state index contributed by atoms with van der Waals surface area (Å²) >= 11 is 0. The predicted octanol–water partition coefficient (Wildman–Crippen LogP) is 0.598. The summed E-state index contributed by atoms with van der Waals surface area (Å²) in [6, 6.07) is 2.98. The molecule has 1 heterocycles. The number of rotatable bonds is 4. The minimum absolute atomic E-state index is 0.0969. The fourth-order valence-electron chi connectivity index (χ4n) is 1.22. The number of carbonyl (C=O) groups is 1. The number of hydrogen-bond donors (Lipinski definition) is 3. The molecule has 1 aromatic rings. The van der Waals surface area contributed by atoms with Gasteiger partial charge in [-0.3, -0.25) is 4.79 Å². The molecular formula is C9H13N3O2. The van der Waals surface area contributed by atoms with E-state index in [9.17, 15) is 4.79 Å². The second-order valence-electron chi connectivity index (χ2n) is 2.90. The maximum Gasteiger partial charge on any atom is 0.305 e. The Bertz CT molecular complexity index is 328. The summed E-state index contributed by atoms with van der Waals surface area (Å²) in [5.74, 6) is -0.287. The molecule has 1 aromatic heterocycles. The molecule has 5 nitrogen and oxygen atoms in total. The third kappa shape index (κ3) is 2.43. The molecule has 0 aromatic carbocycles. The molecule has 14 heavy (non-hydrogen) atoms. The number of pyridine rings is 1. The number of carboxylic acids is 1. The molecule has 0 aliphatic carbocycles. The van der Waals surface area contributed by atoms with Gasteiger partial charge in [0.05, 0.1) is 6.42 Å². The summed E-state index contributed by atoms with van der Waals surface area (Å²) in [4.78, 5) is 14.5. The van der Waals surface area contributed by atoms with Crippen molar-refractivity contribution < 1.29 is 9.90 Å². The largest absolute Gasteiger partial charge is 0.481 e. The van der Waals surface area contributed by atoms with E-state index in [4.69, 9.17) is 10.8 Å². The van der Waals surface area contributed by atoms with Crippen LogP contribution in [0, 0.1) is 0 Å². The van der Waals surface area contributed by atoms with Crippen molar-refractivity contribution >= 4 is 11.8 Å². The summed E-state index contributed by atoms with van der Waals surface area (Å²) in [6.45, 7) is 0. The van der Waals surface area contributed by atoms with Gasteiger partial charge in [-0.15, -0.1) is 0 Å². The normalized spacial score (nSPS) is 12.1. The maximum atomic E-state index is 10.5. The molecule has 0 bridgehead atoms. The highest BCUT2D eigenvalue weighted by Crippen LogP contribution is 2.20. The molecule has 0 amide bonds. The van der Waals surface area contributed by atoms with Crippen LogP contribution >= 0.6 is 0 Å². The van der Waals surface area contributed by atoms with Crippen LogP contribution in [0.2, 0.25) is 0 Å². The van der Waals surface area contributed by atoms with E-state index < -0.39 is 12.0 Å². The Hall–Kier alpha value is -1.62. The van der Waals surface area contributed by atoms with Gasteiger partial charge in [0.2, 0.25) is 0 Å². The van der Waals surface area contributed by atoms with Crippen LogP contribution in [0.25, 0.3) is 0 Å². The predicted molar refractivity (Wildman–Crippen MR) is 53.0 cm³/mol. The van der Waals surface area contributed by atoms with Crippen LogP contribution in [0.15, 0.2) is 18.3 Å². The molecule has 0 radical (unpaired) electrons. The number of aliphatic carboxylic acids is 1. The molecule has 5 heteroatoms. The first-order valence-corrected chi connectivity index (χ1v) is 4.25.